The number of hydrogen-bond donors (Lipinski definition) is 2. The molecule has 2 heterocycles. The molecule has 0 saturated carbocycles. The first-order valence-corrected chi connectivity index (χ1v) is 8.67. The van der Waals surface area contributed by atoms with Gasteiger partial charge in [0.15, 0.2) is 0 Å². The van der Waals surface area contributed by atoms with E-state index in [0.29, 0.717) is 11.7 Å². The lowest BCUT2D eigenvalue weighted by Crippen LogP contribution is -2.25. The van der Waals surface area contributed by atoms with Gasteiger partial charge in [-0.05, 0) is 49.2 Å². The van der Waals surface area contributed by atoms with Gasteiger partial charge < -0.3 is 15.5 Å². The zero-order valence-electron chi connectivity index (χ0n) is 14.5. The van der Waals surface area contributed by atoms with E-state index in [9.17, 15) is 4.79 Å². The maximum absolute atomic E-state index is 12.1. The van der Waals surface area contributed by atoms with Crippen molar-refractivity contribution in [1.82, 2.24) is 4.98 Å². The number of hydrogen-bond acceptors (Lipinski definition) is 3. The molecule has 2 aromatic carbocycles. The molecule has 0 bridgehead atoms. The second kappa shape index (κ2) is 6.88. The lowest BCUT2D eigenvalue weighted by molar-refractivity contribution is 0.262. The molecular weight excluding hydrogens is 324 g/mol. The highest BCUT2D eigenvalue weighted by Crippen LogP contribution is 2.37. The van der Waals surface area contributed by atoms with E-state index in [0.717, 1.165) is 17.9 Å². The van der Waals surface area contributed by atoms with Crippen LogP contribution in [0.2, 0.25) is 0 Å². The van der Waals surface area contributed by atoms with Gasteiger partial charge >= 0.3 is 6.03 Å². The van der Waals surface area contributed by atoms with Crippen LogP contribution in [-0.2, 0) is 6.42 Å². The van der Waals surface area contributed by atoms with Gasteiger partial charge in [-0.25, -0.2) is 9.78 Å². The number of urea groups is 1. The fourth-order valence-electron chi connectivity index (χ4n) is 3.33. The summed E-state index contributed by atoms with van der Waals surface area (Å²) in [6.07, 6.45) is 2.70. The van der Waals surface area contributed by atoms with Crippen LogP contribution >= 0.6 is 0 Å². The Balaban J connectivity index is 1.46. The Kier molecular flexibility index (Phi) is 4.27. The zero-order valence-corrected chi connectivity index (χ0v) is 14.5. The van der Waals surface area contributed by atoms with Crippen LogP contribution in [0.4, 0.5) is 27.7 Å². The number of benzene rings is 2. The summed E-state index contributed by atoms with van der Waals surface area (Å²) in [5.74, 6) is 0.886. The Hall–Kier alpha value is -3.34. The van der Waals surface area contributed by atoms with Gasteiger partial charge in [-0.1, -0.05) is 36.4 Å². The number of pyridine rings is 1. The monoisotopic (exact) mass is 344 g/mol. The van der Waals surface area contributed by atoms with Crippen molar-refractivity contribution >= 4 is 28.9 Å². The minimum atomic E-state index is -0.286. The van der Waals surface area contributed by atoms with Gasteiger partial charge in [0.05, 0.1) is 11.9 Å². The third-order valence-corrected chi connectivity index (χ3v) is 4.49. The molecule has 1 atom stereocenters. The van der Waals surface area contributed by atoms with E-state index >= 15 is 0 Å². The summed E-state index contributed by atoms with van der Waals surface area (Å²) in [4.78, 5) is 18.9. The maximum atomic E-state index is 12.1. The van der Waals surface area contributed by atoms with Gasteiger partial charge in [-0.3, -0.25) is 0 Å². The molecule has 4 rings (SSSR count). The minimum Gasteiger partial charge on any atom is -0.323 e. The van der Waals surface area contributed by atoms with Crippen LogP contribution in [-0.4, -0.2) is 17.1 Å². The first-order chi connectivity index (χ1) is 12.7. The Morgan fingerprint density at radius 3 is 2.46 bits per heavy atom. The maximum Gasteiger partial charge on any atom is 0.323 e. The zero-order chi connectivity index (χ0) is 17.9. The number of nitrogens with zero attached hydrogens (tertiary/aromatic N) is 2. The fraction of sp³-hybridized carbons (Fsp3) is 0.143. The molecule has 1 aliphatic heterocycles. The molecule has 1 aliphatic rings. The molecule has 0 saturated heterocycles. The standard InChI is InChI=1S/C21H20N4O/c1-15-13-16-7-5-6-10-19(16)25(15)20-12-11-18(14-22-20)24-21(26)23-17-8-3-2-4-9-17/h2-12,14-15H,13H2,1H3,(H2,23,24,26). The highest BCUT2D eigenvalue weighted by molar-refractivity contribution is 5.99. The highest BCUT2D eigenvalue weighted by Gasteiger charge is 2.27. The lowest BCUT2D eigenvalue weighted by atomic mass is 10.1. The Morgan fingerprint density at radius 2 is 1.69 bits per heavy atom. The van der Waals surface area contributed by atoms with Gasteiger partial charge in [-0.15, -0.1) is 0 Å². The highest BCUT2D eigenvalue weighted by atomic mass is 16.2. The van der Waals surface area contributed by atoms with Gasteiger partial charge in [0.25, 0.3) is 0 Å². The fourth-order valence-corrected chi connectivity index (χ4v) is 3.33. The van der Waals surface area contributed by atoms with Crippen molar-refractivity contribution in [2.45, 2.75) is 19.4 Å². The van der Waals surface area contributed by atoms with E-state index in [2.05, 4.69) is 45.6 Å². The van der Waals surface area contributed by atoms with Crippen LogP contribution in [0.25, 0.3) is 0 Å². The van der Waals surface area contributed by atoms with Crippen LogP contribution in [0, 0.1) is 0 Å². The molecule has 5 nitrogen and oxygen atoms in total. The molecule has 1 aromatic heterocycles. The molecule has 1 unspecified atom stereocenters. The molecule has 5 heteroatoms. The van der Waals surface area contributed by atoms with Gasteiger partial charge in [-0.2, -0.15) is 0 Å². The van der Waals surface area contributed by atoms with Crippen molar-refractivity contribution in [2.24, 2.45) is 0 Å². The van der Waals surface area contributed by atoms with Crippen molar-refractivity contribution in [3.63, 3.8) is 0 Å². The summed E-state index contributed by atoms with van der Waals surface area (Å²) in [5.41, 5.74) is 3.95. The van der Waals surface area contributed by atoms with Crippen LogP contribution < -0.4 is 15.5 Å². The number of nitrogens with one attached hydrogen (secondary N) is 2. The number of aromatic nitrogens is 1. The molecule has 26 heavy (non-hydrogen) atoms. The van der Waals surface area contributed by atoms with Crippen molar-refractivity contribution in [3.05, 3.63) is 78.5 Å². The van der Waals surface area contributed by atoms with Crippen LogP contribution in [0.3, 0.4) is 0 Å². The van der Waals surface area contributed by atoms with E-state index in [-0.39, 0.29) is 6.03 Å². The number of fused-ring (bicyclic) bond motifs is 1. The summed E-state index contributed by atoms with van der Waals surface area (Å²) in [5, 5.41) is 5.60. The summed E-state index contributed by atoms with van der Waals surface area (Å²) in [7, 11) is 0. The lowest BCUT2D eigenvalue weighted by Gasteiger charge is -2.24. The van der Waals surface area contributed by atoms with E-state index in [4.69, 9.17) is 0 Å². The first-order valence-electron chi connectivity index (χ1n) is 8.67. The van der Waals surface area contributed by atoms with Gasteiger partial charge in [0.2, 0.25) is 0 Å². The molecular formula is C21H20N4O. The second-order valence-corrected chi connectivity index (χ2v) is 6.40. The van der Waals surface area contributed by atoms with E-state index in [1.807, 2.05) is 48.5 Å². The number of anilines is 4. The Labute approximate surface area is 152 Å². The van der Waals surface area contributed by atoms with E-state index in [1.165, 1.54) is 11.3 Å². The number of amides is 2. The second-order valence-electron chi connectivity index (χ2n) is 6.40. The van der Waals surface area contributed by atoms with Crippen molar-refractivity contribution in [1.29, 1.82) is 0 Å². The van der Waals surface area contributed by atoms with Gasteiger partial charge in [0.1, 0.15) is 5.82 Å². The van der Waals surface area contributed by atoms with Crippen LogP contribution in [0.5, 0.6) is 0 Å². The molecule has 2 N–H and O–H groups in total. The number of carbonyl (C=O) groups excluding carboxylic acids is 1. The number of carbonyl (C=O) groups is 1. The van der Waals surface area contributed by atoms with Crippen LogP contribution in [0.1, 0.15) is 12.5 Å². The Bertz CT molecular complexity index is 909. The molecule has 0 aliphatic carbocycles. The largest absolute Gasteiger partial charge is 0.323 e. The first kappa shape index (κ1) is 16.1. The molecule has 3 aromatic rings. The molecule has 0 spiro atoms. The SMILES string of the molecule is CC1Cc2ccccc2N1c1ccc(NC(=O)Nc2ccccc2)cn1. The average molecular weight is 344 g/mol. The summed E-state index contributed by atoms with van der Waals surface area (Å²) >= 11 is 0. The smallest absolute Gasteiger partial charge is 0.323 e. The predicted molar refractivity (Wildman–Crippen MR) is 105 cm³/mol. The van der Waals surface area contributed by atoms with Gasteiger partial charge in [0, 0.05) is 17.4 Å². The summed E-state index contributed by atoms with van der Waals surface area (Å²) in [6, 6.07) is 21.6. The normalized spacial score (nSPS) is 15.4. The number of rotatable bonds is 3. The topological polar surface area (TPSA) is 57.3 Å². The molecule has 0 radical (unpaired) electrons. The van der Waals surface area contributed by atoms with Crippen molar-refractivity contribution in [3.8, 4) is 0 Å². The molecule has 130 valence electrons. The van der Waals surface area contributed by atoms with Crippen molar-refractivity contribution < 1.29 is 4.79 Å². The molecule has 0 fully saturated rings. The molecule has 2 amide bonds. The summed E-state index contributed by atoms with van der Waals surface area (Å²) in [6.45, 7) is 2.20. The predicted octanol–water partition coefficient (Wildman–Crippen LogP) is 4.81. The minimum absolute atomic E-state index is 0.286. The van der Waals surface area contributed by atoms with E-state index < -0.39 is 0 Å². The quantitative estimate of drug-likeness (QED) is 0.717. The van der Waals surface area contributed by atoms with E-state index in [1.54, 1.807) is 6.20 Å². The van der Waals surface area contributed by atoms with Crippen LogP contribution in [0.15, 0.2) is 72.9 Å². The third-order valence-electron chi connectivity index (χ3n) is 4.49. The Morgan fingerprint density at radius 1 is 0.962 bits per heavy atom. The number of para-hydroxylation sites is 2. The third kappa shape index (κ3) is 3.24. The van der Waals surface area contributed by atoms with Crippen molar-refractivity contribution in [2.75, 3.05) is 15.5 Å². The average Bonchev–Trinajstić information content (AvgIpc) is 2.99. The summed E-state index contributed by atoms with van der Waals surface area (Å²) < 4.78 is 0.